The van der Waals surface area contributed by atoms with Gasteiger partial charge in [-0.2, -0.15) is 4.98 Å². The highest BCUT2D eigenvalue weighted by molar-refractivity contribution is 5.89. The van der Waals surface area contributed by atoms with Gasteiger partial charge in [-0.3, -0.25) is 4.79 Å². The molecule has 2 aliphatic heterocycles. The molecule has 1 saturated carbocycles. The molecule has 256 valence electrons. The third-order valence-corrected chi connectivity index (χ3v) is 9.77. The number of rotatable bonds is 11. The number of anilines is 2. The third-order valence-electron chi connectivity index (χ3n) is 9.77. The van der Waals surface area contributed by atoms with Crippen molar-refractivity contribution in [2.45, 2.75) is 72.3 Å². The Morgan fingerprint density at radius 3 is 2.25 bits per heavy atom. The fourth-order valence-electron chi connectivity index (χ4n) is 6.55. The maximum atomic E-state index is 14.6. The zero-order chi connectivity index (χ0) is 34.2. The molecule has 0 unspecified atom stereocenters. The molecule has 48 heavy (non-hydrogen) atoms. The molecule has 0 atom stereocenters. The second kappa shape index (κ2) is 16.3. The summed E-state index contributed by atoms with van der Waals surface area (Å²) >= 11 is 0. The fourth-order valence-corrected chi connectivity index (χ4v) is 6.55. The van der Waals surface area contributed by atoms with Crippen molar-refractivity contribution < 1.29 is 13.6 Å². The average Bonchev–Trinajstić information content (AvgIpc) is 3.94. The maximum Gasteiger partial charge on any atom is 0.227 e. The second-order valence-corrected chi connectivity index (χ2v) is 13.1. The Kier molecular flexibility index (Phi) is 12.0. The Morgan fingerprint density at radius 2 is 1.60 bits per heavy atom. The lowest BCUT2D eigenvalue weighted by atomic mass is 9.95. The summed E-state index contributed by atoms with van der Waals surface area (Å²) in [5.74, 6) is 0.939. The normalized spacial score (nSPS) is 17.6. The summed E-state index contributed by atoms with van der Waals surface area (Å²) in [5.41, 5.74) is 4.41. The minimum absolute atomic E-state index is 0.174. The van der Waals surface area contributed by atoms with Crippen molar-refractivity contribution in [3.05, 3.63) is 76.9 Å². The summed E-state index contributed by atoms with van der Waals surface area (Å²) in [7, 11) is 0. The molecule has 2 saturated heterocycles. The first-order valence-electron chi connectivity index (χ1n) is 17.6. The predicted octanol–water partition coefficient (Wildman–Crippen LogP) is 8.17. The van der Waals surface area contributed by atoms with Gasteiger partial charge in [0.25, 0.3) is 0 Å². The van der Waals surface area contributed by atoms with Crippen molar-refractivity contribution in [1.29, 1.82) is 0 Å². The molecule has 0 spiro atoms. The van der Waals surface area contributed by atoms with Gasteiger partial charge in [0.15, 0.2) is 0 Å². The Balaban J connectivity index is 0.00000221. The molecule has 7 nitrogen and oxygen atoms in total. The van der Waals surface area contributed by atoms with E-state index >= 15 is 0 Å². The Hall–Kier alpha value is -4.11. The van der Waals surface area contributed by atoms with Crippen LogP contribution in [0.5, 0.6) is 0 Å². The van der Waals surface area contributed by atoms with Crippen LogP contribution in [0.15, 0.2) is 43.0 Å². The lowest BCUT2D eigenvalue weighted by molar-refractivity contribution is -0.105. The molecule has 1 aliphatic carbocycles. The Labute approximate surface area is 284 Å². The van der Waals surface area contributed by atoms with E-state index in [0.29, 0.717) is 35.6 Å². The first-order chi connectivity index (χ1) is 23.3. The quantitative estimate of drug-likeness (QED) is 0.203. The van der Waals surface area contributed by atoms with Crippen LogP contribution in [0, 0.1) is 30.4 Å². The van der Waals surface area contributed by atoms with Crippen molar-refractivity contribution >= 4 is 36.0 Å². The monoisotopic (exact) mass is 656 g/mol. The first kappa shape index (κ1) is 35.2. The average molecular weight is 657 g/mol. The van der Waals surface area contributed by atoms with E-state index in [-0.39, 0.29) is 11.4 Å². The largest absolute Gasteiger partial charge is 0.385 e. The highest BCUT2D eigenvalue weighted by Crippen LogP contribution is 2.36. The van der Waals surface area contributed by atoms with Crippen molar-refractivity contribution in [3.63, 3.8) is 0 Å². The van der Waals surface area contributed by atoms with Crippen LogP contribution in [0.1, 0.15) is 81.5 Å². The first-order valence-corrected chi connectivity index (χ1v) is 17.6. The molecule has 0 bridgehead atoms. The molecule has 9 heteroatoms. The summed E-state index contributed by atoms with van der Waals surface area (Å²) in [6, 6.07) is 10.4. The summed E-state index contributed by atoms with van der Waals surface area (Å²) in [5, 5.41) is 6.22. The molecule has 2 N–H and O–H groups in total. The molecule has 1 amide bonds. The van der Waals surface area contributed by atoms with Crippen molar-refractivity contribution in [1.82, 2.24) is 20.2 Å². The standard InChI is InChI=1S/C37H44F2N6O.C2H6/c1-24-13-17-44(18-14-24)29-15-19-45(20-16-29)37-42-35(32-21-28(10-7-25(32)2)26(3)40-22-27-8-9-27)31(36(43-37)41-23-46)12-11-30-33(38)5-4-6-34(30)39;1-2/h4-7,10-12,21,23-24,27,29,40H,3,8-9,13-20,22H2,1-2H3,(H,41,42,43,46);1-2H3/b12-11-;. The van der Waals surface area contributed by atoms with E-state index in [1.54, 1.807) is 6.08 Å². The highest BCUT2D eigenvalue weighted by Gasteiger charge is 2.29. The van der Waals surface area contributed by atoms with Gasteiger partial charge in [0, 0.05) is 48.1 Å². The van der Waals surface area contributed by atoms with E-state index in [1.165, 1.54) is 50.0 Å². The number of nitrogens with one attached hydrogen (secondary N) is 2. The highest BCUT2D eigenvalue weighted by atomic mass is 19.1. The Morgan fingerprint density at radius 1 is 0.938 bits per heavy atom. The van der Waals surface area contributed by atoms with Gasteiger partial charge in [-0.15, -0.1) is 0 Å². The van der Waals surface area contributed by atoms with E-state index in [1.807, 2.05) is 39.0 Å². The Bertz CT molecular complexity index is 1580. The summed E-state index contributed by atoms with van der Waals surface area (Å²) in [6.45, 7) is 17.4. The molecule has 3 aromatic rings. The van der Waals surface area contributed by atoms with Crippen LogP contribution in [0.25, 0.3) is 29.1 Å². The molecule has 3 fully saturated rings. The number of hydrogen-bond acceptors (Lipinski definition) is 6. The fraction of sp³-hybridized carbons (Fsp3) is 0.462. The summed E-state index contributed by atoms with van der Waals surface area (Å²) in [4.78, 5) is 26.6. The number of nitrogens with zero attached hydrogens (tertiary/aromatic N) is 4. The molecule has 6 rings (SSSR count). The lowest BCUT2D eigenvalue weighted by Gasteiger charge is -2.41. The predicted molar refractivity (Wildman–Crippen MR) is 193 cm³/mol. The minimum Gasteiger partial charge on any atom is -0.385 e. The van der Waals surface area contributed by atoms with Crippen LogP contribution in [0.2, 0.25) is 0 Å². The van der Waals surface area contributed by atoms with Gasteiger partial charge in [-0.1, -0.05) is 45.5 Å². The van der Waals surface area contributed by atoms with Crippen LogP contribution < -0.4 is 15.5 Å². The molecule has 1 aromatic heterocycles. The maximum absolute atomic E-state index is 14.6. The topological polar surface area (TPSA) is 73.4 Å². The van der Waals surface area contributed by atoms with E-state index < -0.39 is 11.6 Å². The number of likely N-dealkylation sites (tertiary alicyclic amines) is 1. The molecular weight excluding hydrogens is 606 g/mol. The van der Waals surface area contributed by atoms with Crippen LogP contribution in [0.3, 0.4) is 0 Å². The molecule has 0 radical (unpaired) electrons. The van der Waals surface area contributed by atoms with E-state index in [9.17, 15) is 13.6 Å². The number of carbonyl (C=O) groups is 1. The van der Waals surface area contributed by atoms with Crippen LogP contribution in [-0.2, 0) is 4.79 Å². The van der Waals surface area contributed by atoms with Gasteiger partial charge < -0.3 is 20.4 Å². The number of hydrogen-bond donors (Lipinski definition) is 2. The van der Waals surface area contributed by atoms with Crippen molar-refractivity contribution in [2.75, 3.05) is 42.9 Å². The number of aryl methyl sites for hydroxylation is 1. The van der Waals surface area contributed by atoms with Crippen LogP contribution in [0.4, 0.5) is 20.5 Å². The van der Waals surface area contributed by atoms with Crippen molar-refractivity contribution in [2.24, 2.45) is 11.8 Å². The number of benzene rings is 2. The van der Waals surface area contributed by atoms with E-state index in [4.69, 9.17) is 9.97 Å². The van der Waals surface area contributed by atoms with Gasteiger partial charge in [-0.05, 0) is 112 Å². The van der Waals surface area contributed by atoms with E-state index in [0.717, 1.165) is 73.9 Å². The number of carbonyl (C=O) groups excluding carboxylic acids is 1. The third kappa shape index (κ3) is 8.48. The zero-order valence-electron chi connectivity index (χ0n) is 28.9. The summed E-state index contributed by atoms with van der Waals surface area (Å²) in [6.07, 6.45) is 10.5. The minimum atomic E-state index is -0.678. The van der Waals surface area contributed by atoms with Crippen LogP contribution in [-0.4, -0.2) is 60.0 Å². The van der Waals surface area contributed by atoms with Gasteiger partial charge >= 0.3 is 0 Å². The smallest absolute Gasteiger partial charge is 0.227 e. The second-order valence-electron chi connectivity index (χ2n) is 13.1. The number of amides is 1. The van der Waals surface area contributed by atoms with Gasteiger partial charge in [0.05, 0.1) is 5.69 Å². The van der Waals surface area contributed by atoms with Crippen LogP contribution >= 0.6 is 0 Å². The van der Waals surface area contributed by atoms with Gasteiger partial charge in [0.2, 0.25) is 12.4 Å². The molecule has 2 aromatic carbocycles. The number of aromatic nitrogens is 2. The van der Waals surface area contributed by atoms with Gasteiger partial charge in [-0.25, -0.2) is 13.8 Å². The zero-order valence-corrected chi connectivity index (χ0v) is 28.9. The van der Waals surface area contributed by atoms with Crippen molar-refractivity contribution in [3.8, 4) is 11.3 Å². The molecule has 3 aliphatic rings. The number of halogens is 2. The van der Waals surface area contributed by atoms with E-state index in [2.05, 4.69) is 33.9 Å². The SMILES string of the molecule is C=C(NCC1CC1)c1ccc(C)c(-c2nc(N3CCC(N4CCC(C)CC4)CC3)nc(NC=O)c2/C=C\c2c(F)cccc2F)c1.CC. The molecule has 3 heterocycles. The molecular formula is C39H50F2N6O. The number of piperidine rings is 2. The lowest BCUT2D eigenvalue weighted by Crippen LogP contribution is -2.48. The summed E-state index contributed by atoms with van der Waals surface area (Å²) < 4.78 is 29.3. The van der Waals surface area contributed by atoms with Gasteiger partial charge in [0.1, 0.15) is 17.5 Å².